The van der Waals surface area contributed by atoms with Gasteiger partial charge in [-0.05, 0) is 0 Å². The van der Waals surface area contributed by atoms with Crippen LogP contribution in [0, 0.1) is 10.1 Å². The van der Waals surface area contributed by atoms with Crippen molar-refractivity contribution in [3.8, 4) is 11.3 Å². The monoisotopic (exact) mass is 340 g/mol. The van der Waals surface area contributed by atoms with E-state index >= 15 is 0 Å². The van der Waals surface area contributed by atoms with Gasteiger partial charge in [0.05, 0.1) is 17.3 Å². The van der Waals surface area contributed by atoms with Crippen LogP contribution in [-0.4, -0.2) is 20.4 Å². The lowest BCUT2D eigenvalue weighted by Gasteiger charge is -2.05. The van der Waals surface area contributed by atoms with Crippen molar-refractivity contribution >= 4 is 11.6 Å². The van der Waals surface area contributed by atoms with E-state index < -0.39 is 27.6 Å². The van der Waals surface area contributed by atoms with Gasteiger partial charge in [-0.1, -0.05) is 30.3 Å². The summed E-state index contributed by atoms with van der Waals surface area (Å²) in [5, 5.41) is 11.0. The molecular formula is C16H12N4O5. The van der Waals surface area contributed by atoms with E-state index in [4.69, 9.17) is 10.2 Å². The average Bonchev–Trinajstić information content (AvgIpc) is 3.05. The third-order valence-corrected chi connectivity index (χ3v) is 3.47. The Kier molecular flexibility index (Phi) is 4.12. The van der Waals surface area contributed by atoms with Crippen molar-refractivity contribution in [1.82, 2.24) is 9.55 Å². The number of nitrogens with zero attached hydrogens (tertiary/aromatic N) is 3. The third-order valence-electron chi connectivity index (χ3n) is 3.47. The first kappa shape index (κ1) is 16.1. The Bertz CT molecular complexity index is 1010. The molecule has 0 bridgehead atoms. The Balaban J connectivity index is 1.98. The Morgan fingerprint density at radius 3 is 2.68 bits per heavy atom. The number of aromatic nitrogens is 2. The topological polar surface area (TPSA) is 134 Å². The fourth-order valence-electron chi connectivity index (χ4n) is 2.28. The summed E-state index contributed by atoms with van der Waals surface area (Å²) in [5.74, 6) is -0.388. The van der Waals surface area contributed by atoms with Crippen LogP contribution in [0.5, 0.6) is 0 Å². The zero-order valence-corrected chi connectivity index (χ0v) is 12.8. The van der Waals surface area contributed by atoms with Gasteiger partial charge < -0.3 is 10.2 Å². The zero-order chi connectivity index (χ0) is 18.0. The highest BCUT2D eigenvalue weighted by molar-refractivity contribution is 5.92. The molecule has 0 spiro atoms. The number of nitrogens with two attached hydrogens (primary N) is 1. The van der Waals surface area contributed by atoms with E-state index in [1.165, 1.54) is 6.20 Å². The van der Waals surface area contributed by atoms with Crippen molar-refractivity contribution in [2.24, 2.45) is 5.73 Å². The number of carbonyl (C=O) groups excluding carboxylic acids is 1. The van der Waals surface area contributed by atoms with E-state index in [1.807, 2.05) is 30.3 Å². The molecule has 9 heteroatoms. The fourth-order valence-corrected chi connectivity index (χ4v) is 2.28. The molecule has 126 valence electrons. The zero-order valence-electron chi connectivity index (χ0n) is 12.8. The normalized spacial score (nSPS) is 10.6. The Labute approximate surface area is 140 Å². The number of hydrogen-bond donors (Lipinski definition) is 1. The maximum absolute atomic E-state index is 12.2. The summed E-state index contributed by atoms with van der Waals surface area (Å²) in [6, 6.07) is 10.0. The molecule has 0 radical (unpaired) electrons. The molecule has 2 aromatic heterocycles. The summed E-state index contributed by atoms with van der Waals surface area (Å²) in [6.07, 6.45) is 2.50. The van der Waals surface area contributed by atoms with Gasteiger partial charge in [0.25, 0.3) is 17.2 Å². The summed E-state index contributed by atoms with van der Waals surface area (Å²) in [7, 11) is 0. The van der Waals surface area contributed by atoms with Crippen LogP contribution < -0.4 is 11.3 Å². The first-order valence-electron chi connectivity index (χ1n) is 7.14. The molecule has 0 aliphatic carbocycles. The average molecular weight is 340 g/mol. The molecule has 0 unspecified atom stereocenters. The van der Waals surface area contributed by atoms with E-state index in [0.717, 1.165) is 22.4 Å². The molecular weight excluding hydrogens is 328 g/mol. The molecule has 1 aromatic carbocycles. The second-order valence-corrected chi connectivity index (χ2v) is 5.15. The van der Waals surface area contributed by atoms with E-state index in [2.05, 4.69) is 4.98 Å². The van der Waals surface area contributed by atoms with E-state index in [1.54, 1.807) is 0 Å². The lowest BCUT2D eigenvalue weighted by molar-refractivity contribution is -0.385. The molecule has 1 amide bonds. The van der Waals surface area contributed by atoms with Crippen LogP contribution in [0.4, 0.5) is 5.69 Å². The quantitative estimate of drug-likeness (QED) is 0.553. The number of primary amides is 1. The number of nitro groups is 1. The fraction of sp³-hybridized carbons (Fsp3) is 0.0625. The van der Waals surface area contributed by atoms with Gasteiger partial charge in [0.2, 0.25) is 5.89 Å². The molecule has 3 rings (SSSR count). The highest BCUT2D eigenvalue weighted by Crippen LogP contribution is 2.20. The lowest BCUT2D eigenvalue weighted by atomic mass is 10.2. The first-order valence-corrected chi connectivity index (χ1v) is 7.14. The van der Waals surface area contributed by atoms with Gasteiger partial charge in [0, 0.05) is 11.6 Å². The van der Waals surface area contributed by atoms with Gasteiger partial charge in [0.1, 0.15) is 12.1 Å². The van der Waals surface area contributed by atoms with E-state index in [0.29, 0.717) is 5.76 Å². The molecule has 3 aromatic rings. The molecule has 0 aliphatic rings. The first-order chi connectivity index (χ1) is 12.0. The number of rotatable bonds is 5. The Morgan fingerprint density at radius 2 is 2.04 bits per heavy atom. The van der Waals surface area contributed by atoms with E-state index in [9.17, 15) is 19.7 Å². The van der Waals surface area contributed by atoms with Crippen molar-refractivity contribution < 1.29 is 14.1 Å². The van der Waals surface area contributed by atoms with Crippen LogP contribution >= 0.6 is 0 Å². The smallest absolute Gasteiger partial charge is 0.286 e. The predicted molar refractivity (Wildman–Crippen MR) is 86.9 cm³/mol. The van der Waals surface area contributed by atoms with Crippen LogP contribution in [-0.2, 0) is 6.54 Å². The summed E-state index contributed by atoms with van der Waals surface area (Å²) in [6.45, 7) is -0.173. The highest BCUT2D eigenvalue weighted by atomic mass is 16.6. The van der Waals surface area contributed by atoms with Crippen LogP contribution in [0.15, 0.2) is 58.0 Å². The van der Waals surface area contributed by atoms with E-state index in [-0.39, 0.29) is 12.4 Å². The van der Waals surface area contributed by atoms with Crippen LogP contribution in [0.2, 0.25) is 0 Å². The second kappa shape index (κ2) is 6.40. The van der Waals surface area contributed by atoms with Crippen molar-refractivity contribution in [1.29, 1.82) is 0 Å². The lowest BCUT2D eigenvalue weighted by Crippen LogP contribution is -2.30. The van der Waals surface area contributed by atoms with Gasteiger partial charge in [-0.3, -0.25) is 24.3 Å². The summed E-state index contributed by atoms with van der Waals surface area (Å²) < 4.78 is 6.54. The number of amides is 1. The number of pyridine rings is 1. The molecule has 2 N–H and O–H groups in total. The summed E-state index contributed by atoms with van der Waals surface area (Å²) >= 11 is 0. The van der Waals surface area contributed by atoms with Crippen LogP contribution in [0.3, 0.4) is 0 Å². The maximum Gasteiger partial charge on any atom is 0.286 e. The molecule has 0 aliphatic heterocycles. The molecule has 0 atom stereocenters. The highest BCUT2D eigenvalue weighted by Gasteiger charge is 2.18. The molecule has 0 saturated carbocycles. The van der Waals surface area contributed by atoms with Gasteiger partial charge in [-0.25, -0.2) is 4.98 Å². The second-order valence-electron chi connectivity index (χ2n) is 5.15. The maximum atomic E-state index is 12.2. The molecule has 9 nitrogen and oxygen atoms in total. The Hall–Kier alpha value is -3.75. The predicted octanol–water partition coefficient (Wildman–Crippen LogP) is 1.56. The van der Waals surface area contributed by atoms with Gasteiger partial charge >= 0.3 is 0 Å². The largest absolute Gasteiger partial charge is 0.439 e. The molecule has 2 heterocycles. The number of benzene rings is 1. The number of hydrogen-bond acceptors (Lipinski definition) is 6. The van der Waals surface area contributed by atoms with Gasteiger partial charge in [-0.2, -0.15) is 0 Å². The van der Waals surface area contributed by atoms with Crippen molar-refractivity contribution in [3.05, 3.63) is 80.7 Å². The summed E-state index contributed by atoms with van der Waals surface area (Å²) in [5.41, 5.74) is 4.26. The van der Waals surface area contributed by atoms with Gasteiger partial charge in [-0.15, -0.1) is 0 Å². The van der Waals surface area contributed by atoms with Crippen LogP contribution in [0.25, 0.3) is 11.3 Å². The molecule has 0 fully saturated rings. The molecule has 0 saturated heterocycles. The number of carbonyl (C=O) groups is 1. The number of oxazole rings is 1. The van der Waals surface area contributed by atoms with Gasteiger partial charge in [0.15, 0.2) is 5.76 Å². The minimum Gasteiger partial charge on any atom is -0.439 e. The SMILES string of the molecule is NC(=O)c1cc([N+](=O)[O-])cn(Cc2ncc(-c3ccccc3)o2)c1=O. The van der Waals surface area contributed by atoms with Crippen molar-refractivity contribution in [3.63, 3.8) is 0 Å². The third kappa shape index (κ3) is 3.29. The van der Waals surface area contributed by atoms with Crippen LogP contribution in [0.1, 0.15) is 16.2 Å². The summed E-state index contributed by atoms with van der Waals surface area (Å²) in [4.78, 5) is 37.9. The minimum absolute atomic E-state index is 0.164. The van der Waals surface area contributed by atoms with Crippen molar-refractivity contribution in [2.45, 2.75) is 6.54 Å². The Morgan fingerprint density at radius 1 is 1.32 bits per heavy atom. The minimum atomic E-state index is -1.04. The van der Waals surface area contributed by atoms with Crippen molar-refractivity contribution in [2.75, 3.05) is 0 Å². The standard InChI is InChI=1S/C16H12N4O5/c17-15(21)12-6-11(20(23)24)8-19(16(12)22)9-14-18-7-13(25-14)10-4-2-1-3-5-10/h1-8H,9H2,(H2,17,21). The molecule has 25 heavy (non-hydrogen) atoms.